The van der Waals surface area contributed by atoms with Crippen LogP contribution in [0.15, 0.2) is 25.5 Å². The third-order valence-electron chi connectivity index (χ3n) is 4.67. The fourth-order valence-electron chi connectivity index (χ4n) is 3.21. The number of carboxylic acid groups (broad SMARTS) is 1. The Morgan fingerprint density at radius 2 is 2.18 bits per heavy atom. The van der Waals surface area contributed by atoms with Crippen LogP contribution in [0.5, 0.6) is 0 Å². The molecule has 12 nitrogen and oxygen atoms in total. The molecule has 4 heterocycles. The van der Waals surface area contributed by atoms with Gasteiger partial charge >= 0.3 is 5.97 Å². The molecule has 6 N–H and O–H groups in total. The molecule has 0 radical (unpaired) electrons. The molecule has 17 heteroatoms. The maximum atomic E-state index is 12.8. The predicted octanol–water partition coefficient (Wildman–Crippen LogP) is 1.04. The molecular weight excluding hydrogens is 548 g/mol. The fraction of sp³-hybridized carbons (Fsp3) is 0.294. The highest BCUT2D eigenvalue weighted by Gasteiger charge is 2.54. The van der Waals surface area contributed by atoms with E-state index in [4.69, 9.17) is 22.4 Å². The number of nitrogens with zero attached hydrogens (tertiary/aromatic N) is 4. The maximum absolute atomic E-state index is 12.8. The lowest BCUT2D eigenvalue weighted by molar-refractivity contribution is -0.150. The molecule has 0 aromatic carbocycles. The molecule has 2 aliphatic heterocycles. The lowest BCUT2D eigenvalue weighted by Crippen LogP contribution is -2.71. The summed E-state index contributed by atoms with van der Waals surface area (Å²) in [6.07, 6.45) is 0.391. The Bertz CT molecular complexity index is 1230. The van der Waals surface area contributed by atoms with E-state index < -0.39 is 34.9 Å². The molecule has 0 spiro atoms. The van der Waals surface area contributed by atoms with Gasteiger partial charge < -0.3 is 26.5 Å². The number of nitrogens with one attached hydrogen (secondary N) is 1. The van der Waals surface area contributed by atoms with Gasteiger partial charge in [-0.05, 0) is 0 Å². The van der Waals surface area contributed by atoms with Crippen LogP contribution >= 0.6 is 57.8 Å². The summed E-state index contributed by atoms with van der Waals surface area (Å²) in [5, 5.41) is 34.7. The number of β-lactam (4-membered cyclic amide) rings is 1. The number of halogens is 1. The Labute approximate surface area is 212 Å². The minimum atomic E-state index is -1.28. The zero-order valence-electron chi connectivity index (χ0n) is 16.8. The van der Waals surface area contributed by atoms with E-state index in [-0.39, 0.29) is 33.2 Å². The third kappa shape index (κ3) is 4.60. The molecule has 4 rings (SSSR count). The first kappa shape index (κ1) is 24.7. The van der Waals surface area contributed by atoms with Crippen molar-refractivity contribution in [1.82, 2.24) is 20.2 Å². The summed E-state index contributed by atoms with van der Waals surface area (Å²) in [4.78, 5) is 47.3. The van der Waals surface area contributed by atoms with Crippen molar-refractivity contribution < 1.29 is 29.8 Å². The van der Waals surface area contributed by atoms with E-state index in [1.165, 1.54) is 23.1 Å². The second-order valence-electron chi connectivity index (χ2n) is 6.74. The highest BCUT2D eigenvalue weighted by Crippen LogP contribution is 2.45. The van der Waals surface area contributed by atoms with Gasteiger partial charge in [-0.3, -0.25) is 14.5 Å². The molecule has 1 saturated heterocycles. The van der Waals surface area contributed by atoms with Crippen molar-refractivity contribution in [1.29, 1.82) is 0 Å². The van der Waals surface area contributed by atoms with E-state index >= 15 is 0 Å². The summed E-state index contributed by atoms with van der Waals surface area (Å²) in [5.74, 6) is -2.53. The van der Waals surface area contributed by atoms with Crippen LogP contribution in [0.4, 0.5) is 5.13 Å². The average molecular weight is 563 g/mol. The number of fused-ring (bicyclic) bond motifs is 1. The second kappa shape index (κ2) is 10.1. The minimum Gasteiger partial charge on any atom is -0.477 e. The van der Waals surface area contributed by atoms with Crippen molar-refractivity contribution in [3.05, 3.63) is 31.7 Å². The van der Waals surface area contributed by atoms with Gasteiger partial charge in [0.1, 0.15) is 27.1 Å². The molecule has 2 aromatic rings. The van der Waals surface area contributed by atoms with E-state index in [1.807, 2.05) is 0 Å². The number of rotatable bonds is 8. The number of aliphatic hydroxyl groups is 1. The number of aromatic nitrogens is 2. The number of nitrogens with two attached hydrogens (primary N) is 1. The number of aliphatic hydroxyl groups excluding tert-OH is 1. The van der Waals surface area contributed by atoms with Gasteiger partial charge in [-0.1, -0.05) is 39.9 Å². The first-order valence-electron chi connectivity index (χ1n) is 9.34. The van der Waals surface area contributed by atoms with Crippen LogP contribution < -0.4 is 11.1 Å². The normalized spacial score (nSPS) is 20.2. The number of carboxylic acids is 1. The molecule has 2 amide bonds. The fourth-order valence-corrected chi connectivity index (χ4v) is 7.65. The number of hydrogen-bond donors (Lipinski definition) is 5. The number of thioether (sulfide) groups is 2. The molecule has 34 heavy (non-hydrogen) atoms. The van der Waals surface area contributed by atoms with Crippen molar-refractivity contribution in [2.24, 2.45) is 5.16 Å². The highest BCUT2D eigenvalue weighted by molar-refractivity contribution is 8.07. The molecule has 1 fully saturated rings. The van der Waals surface area contributed by atoms with Gasteiger partial charge in [0, 0.05) is 29.1 Å². The van der Waals surface area contributed by atoms with Gasteiger partial charge in [-0.15, -0.1) is 23.1 Å². The number of hydrogen-bond acceptors (Lipinski definition) is 13. The highest BCUT2D eigenvalue weighted by atomic mass is 35.5. The topological polar surface area (TPSA) is 191 Å². The van der Waals surface area contributed by atoms with Crippen molar-refractivity contribution in [3.8, 4) is 0 Å². The summed E-state index contributed by atoms with van der Waals surface area (Å²) >= 11 is 10.6. The van der Waals surface area contributed by atoms with Crippen molar-refractivity contribution in [3.63, 3.8) is 0 Å². The summed E-state index contributed by atoms with van der Waals surface area (Å²) in [5.41, 5.74) is 5.44. The van der Waals surface area contributed by atoms with Crippen LogP contribution in [0.1, 0.15) is 11.4 Å². The SMILES string of the molecule is Nc1nc(/C(=N/O)C(=O)N[C@@H]2C(=O)N3C(C(=O)O)=C(Sc4nc(CCO)cs4)CS[C@H]23)c(Cl)s1. The Morgan fingerprint density at radius 1 is 1.41 bits per heavy atom. The summed E-state index contributed by atoms with van der Waals surface area (Å²) in [7, 11) is 0. The maximum Gasteiger partial charge on any atom is 0.353 e. The largest absolute Gasteiger partial charge is 0.477 e. The summed E-state index contributed by atoms with van der Waals surface area (Å²) < 4.78 is 0.633. The monoisotopic (exact) mass is 562 g/mol. The molecular formula is C17H15ClN6O6S4. The minimum absolute atomic E-state index is 0.0381. The predicted molar refractivity (Wildman–Crippen MR) is 128 cm³/mol. The number of nitrogen functional groups attached to an aromatic ring is 1. The van der Waals surface area contributed by atoms with Crippen molar-refractivity contribution in [2.45, 2.75) is 22.2 Å². The van der Waals surface area contributed by atoms with Gasteiger partial charge in [0.25, 0.3) is 11.8 Å². The molecule has 0 aliphatic carbocycles. The van der Waals surface area contributed by atoms with Gasteiger partial charge in [0.05, 0.1) is 5.69 Å². The van der Waals surface area contributed by atoms with Crippen molar-refractivity contribution >= 4 is 86.4 Å². The molecule has 0 saturated carbocycles. The van der Waals surface area contributed by atoms with Crippen LogP contribution in [-0.4, -0.2) is 77.6 Å². The van der Waals surface area contributed by atoms with Crippen LogP contribution in [0, 0.1) is 0 Å². The van der Waals surface area contributed by atoms with Gasteiger partial charge in [0.15, 0.2) is 15.2 Å². The lowest BCUT2D eigenvalue weighted by atomic mass is 10.0. The molecule has 0 unspecified atom stereocenters. The summed E-state index contributed by atoms with van der Waals surface area (Å²) in [6, 6.07) is -1.04. The standard InChI is InChI=1S/C17H15ClN6O6S4/c18-11-7(22-16(19)34-11)8(23-30)12(26)21-9-13(27)24-10(15(28)29)6(4-31-14(9)24)33-17-20-5(1-2-25)3-32-17/h3,9,14,25,30H,1-2,4H2,(H2,19,22)(H,21,26)(H,28,29)/b23-8-/t9-,14-/m1/s1. The van der Waals surface area contributed by atoms with E-state index in [0.29, 0.717) is 21.4 Å². The van der Waals surface area contributed by atoms with E-state index in [0.717, 1.165) is 28.0 Å². The van der Waals surface area contributed by atoms with Crippen LogP contribution in [0.3, 0.4) is 0 Å². The van der Waals surface area contributed by atoms with Crippen LogP contribution in [0.25, 0.3) is 0 Å². The van der Waals surface area contributed by atoms with E-state index in [9.17, 15) is 24.7 Å². The Kier molecular flexibility index (Phi) is 7.34. The number of carbonyl (C=O) groups excluding carboxylic acids is 2. The quantitative estimate of drug-likeness (QED) is 0.134. The zero-order chi connectivity index (χ0) is 24.6. The number of amides is 2. The molecule has 2 aromatic heterocycles. The number of thiazole rings is 2. The van der Waals surface area contributed by atoms with E-state index in [2.05, 4.69) is 20.4 Å². The number of anilines is 1. The van der Waals surface area contributed by atoms with Gasteiger partial charge in [-0.2, -0.15) is 0 Å². The number of oxime groups is 1. The second-order valence-corrected chi connectivity index (χ2v) is 11.7. The van der Waals surface area contributed by atoms with Crippen molar-refractivity contribution in [2.75, 3.05) is 18.1 Å². The molecule has 2 aliphatic rings. The number of carbonyl (C=O) groups is 3. The lowest BCUT2D eigenvalue weighted by Gasteiger charge is -2.49. The first-order valence-corrected chi connectivity index (χ1v) is 13.3. The first-order chi connectivity index (χ1) is 16.2. The average Bonchev–Trinajstić information content (AvgIpc) is 3.37. The summed E-state index contributed by atoms with van der Waals surface area (Å²) in [6.45, 7) is -0.0470. The Morgan fingerprint density at radius 3 is 2.79 bits per heavy atom. The molecule has 0 bridgehead atoms. The Hall–Kier alpha value is -2.37. The Balaban J connectivity index is 1.51. The van der Waals surface area contributed by atoms with E-state index in [1.54, 1.807) is 5.38 Å². The number of aliphatic carboxylic acids is 1. The smallest absolute Gasteiger partial charge is 0.353 e. The van der Waals surface area contributed by atoms with Crippen LogP contribution in [-0.2, 0) is 20.8 Å². The van der Waals surface area contributed by atoms with Gasteiger partial charge in [-0.25, -0.2) is 14.8 Å². The zero-order valence-corrected chi connectivity index (χ0v) is 20.8. The third-order valence-corrected chi connectivity index (χ3v) is 9.29. The molecule has 180 valence electrons. The van der Waals surface area contributed by atoms with Gasteiger partial charge in [0.2, 0.25) is 0 Å². The van der Waals surface area contributed by atoms with Crippen LogP contribution in [0.2, 0.25) is 4.34 Å². The molecule has 2 atom stereocenters.